The second-order valence-electron chi connectivity index (χ2n) is 12.0. The summed E-state index contributed by atoms with van der Waals surface area (Å²) < 4.78 is 1.75. The molecule has 1 N–H and O–H groups in total. The van der Waals surface area contributed by atoms with E-state index in [0.717, 1.165) is 71.3 Å². The third-order valence-corrected chi connectivity index (χ3v) is 10.0. The minimum atomic E-state index is -0.282. The van der Waals surface area contributed by atoms with Crippen LogP contribution in [0.25, 0.3) is 16.9 Å². The van der Waals surface area contributed by atoms with Crippen molar-refractivity contribution in [1.82, 2.24) is 14.9 Å². The molecule has 0 bridgehead atoms. The molecule has 0 saturated heterocycles. The first-order valence-corrected chi connectivity index (χ1v) is 16.4. The Kier molecular flexibility index (Phi) is 7.69. The Morgan fingerprint density at radius 1 is 0.886 bits per heavy atom. The molecule has 220 valence electrons. The fourth-order valence-electron chi connectivity index (χ4n) is 7.09. The Morgan fingerprint density at radius 3 is 2.23 bits per heavy atom. The van der Waals surface area contributed by atoms with E-state index in [4.69, 9.17) is 4.98 Å². The lowest BCUT2D eigenvalue weighted by Gasteiger charge is -2.36. The summed E-state index contributed by atoms with van der Waals surface area (Å²) in [5, 5.41) is 3.78. The van der Waals surface area contributed by atoms with Gasteiger partial charge in [0.15, 0.2) is 5.16 Å². The highest BCUT2D eigenvalue weighted by Gasteiger charge is 2.44. The zero-order valence-corrected chi connectivity index (χ0v) is 25.6. The van der Waals surface area contributed by atoms with Crippen molar-refractivity contribution in [3.63, 3.8) is 0 Å². The largest absolute Gasteiger partial charge is 0.344 e. The third kappa shape index (κ3) is 5.28. The first kappa shape index (κ1) is 28.4. The smallest absolute Gasteiger partial charge is 0.263 e. The first-order valence-electron chi connectivity index (χ1n) is 15.4. The van der Waals surface area contributed by atoms with Crippen molar-refractivity contribution in [1.29, 1.82) is 0 Å². The number of hydrogen-bond donors (Lipinski definition) is 1. The van der Waals surface area contributed by atoms with Gasteiger partial charge >= 0.3 is 0 Å². The van der Waals surface area contributed by atoms with E-state index in [1.165, 1.54) is 17.3 Å². The second kappa shape index (κ2) is 11.9. The molecule has 1 amide bonds. The molecule has 1 aromatic heterocycles. The Morgan fingerprint density at radius 2 is 1.55 bits per heavy atom. The van der Waals surface area contributed by atoms with Crippen LogP contribution in [0.5, 0.6) is 0 Å². The van der Waals surface area contributed by atoms with Gasteiger partial charge in [0.25, 0.3) is 5.56 Å². The van der Waals surface area contributed by atoms with Gasteiger partial charge in [0, 0.05) is 11.0 Å². The van der Waals surface area contributed by atoms with Crippen LogP contribution in [0.1, 0.15) is 59.5 Å². The molecule has 7 rings (SSSR count). The molecule has 1 saturated carbocycles. The number of carbonyl (C=O) groups excluding carboxylic acids is 1. The Bertz CT molecular complexity index is 1840. The van der Waals surface area contributed by atoms with Gasteiger partial charge in [0.05, 0.1) is 28.7 Å². The van der Waals surface area contributed by atoms with E-state index in [-0.39, 0.29) is 28.7 Å². The van der Waals surface area contributed by atoms with Crippen molar-refractivity contribution < 1.29 is 4.79 Å². The number of amides is 1. The minimum absolute atomic E-state index is 0.00800. The van der Waals surface area contributed by atoms with Crippen molar-refractivity contribution in [3.05, 3.63) is 147 Å². The maximum absolute atomic E-state index is 14.7. The molecule has 0 atom stereocenters. The van der Waals surface area contributed by atoms with Gasteiger partial charge < -0.3 is 5.32 Å². The highest BCUT2D eigenvalue weighted by Crippen LogP contribution is 2.50. The van der Waals surface area contributed by atoms with Crippen LogP contribution < -0.4 is 10.9 Å². The van der Waals surface area contributed by atoms with Gasteiger partial charge in [0.2, 0.25) is 5.91 Å². The average Bonchev–Trinajstić information content (AvgIpc) is 3.51. The number of thioether (sulfide) groups is 1. The second-order valence-corrected chi connectivity index (χ2v) is 13.0. The summed E-state index contributed by atoms with van der Waals surface area (Å²) in [5.74, 6) is 0.00290. The number of hydrogen-bond acceptors (Lipinski definition) is 4. The van der Waals surface area contributed by atoms with Crippen LogP contribution in [-0.2, 0) is 16.6 Å². The predicted octanol–water partition coefficient (Wildman–Crippen LogP) is 7.57. The molecular weight excluding hydrogens is 563 g/mol. The molecular formula is C38H35N3O2S. The summed E-state index contributed by atoms with van der Waals surface area (Å²) in [7, 11) is 0. The molecule has 0 aliphatic heterocycles. The van der Waals surface area contributed by atoms with E-state index in [9.17, 15) is 9.59 Å². The number of aryl methyl sites for hydroxylation is 1. The standard InChI is InChI=1S/C38H35N3O2S/c1-26-13-12-19-30(23-26)41-36(43)33-35(31-20-9-8-18-29(31)24-38(33)21-10-11-22-38)40-37(41)44-25-32(42)39-34(27-14-4-2-5-15-27)28-16-6-3-7-17-28/h2-9,12-20,23,34H,10-11,21-22,24-25H2,1H3,(H,39,42). The van der Waals surface area contributed by atoms with Gasteiger partial charge in [-0.15, -0.1) is 0 Å². The van der Waals surface area contributed by atoms with Crippen LogP contribution in [0.4, 0.5) is 0 Å². The maximum atomic E-state index is 14.7. The fourth-order valence-corrected chi connectivity index (χ4v) is 7.90. The zero-order valence-electron chi connectivity index (χ0n) is 24.8. The summed E-state index contributed by atoms with van der Waals surface area (Å²) >= 11 is 1.32. The monoisotopic (exact) mass is 597 g/mol. The van der Waals surface area contributed by atoms with Crippen LogP contribution in [0.2, 0.25) is 0 Å². The van der Waals surface area contributed by atoms with Gasteiger partial charge in [-0.3, -0.25) is 14.2 Å². The third-order valence-electron chi connectivity index (χ3n) is 9.11. The number of benzene rings is 4. The summed E-state index contributed by atoms with van der Waals surface area (Å²) in [6.45, 7) is 2.03. The van der Waals surface area contributed by atoms with Crippen LogP contribution in [0.3, 0.4) is 0 Å². The lowest BCUT2D eigenvalue weighted by Crippen LogP contribution is -2.40. The van der Waals surface area contributed by atoms with E-state index in [1.807, 2.05) is 97.9 Å². The number of fused-ring (bicyclic) bond motifs is 4. The molecule has 5 aromatic rings. The van der Waals surface area contributed by atoms with Crippen molar-refractivity contribution >= 4 is 17.7 Å². The average molecular weight is 598 g/mol. The highest BCUT2D eigenvalue weighted by atomic mass is 32.2. The zero-order chi connectivity index (χ0) is 30.1. The number of rotatable bonds is 7. The number of carbonyl (C=O) groups is 1. The first-order chi connectivity index (χ1) is 21.5. The molecule has 2 aliphatic carbocycles. The number of nitrogens with one attached hydrogen (secondary N) is 1. The molecule has 1 fully saturated rings. The molecule has 6 heteroatoms. The fraction of sp³-hybridized carbons (Fsp3) is 0.237. The number of nitrogens with zero attached hydrogens (tertiary/aromatic N) is 2. The number of aromatic nitrogens is 2. The minimum Gasteiger partial charge on any atom is -0.344 e. The normalized spacial score (nSPS) is 14.8. The van der Waals surface area contributed by atoms with Gasteiger partial charge in [-0.1, -0.05) is 122 Å². The molecule has 2 aliphatic rings. The summed E-state index contributed by atoms with van der Waals surface area (Å²) in [5.41, 5.74) is 7.59. The topological polar surface area (TPSA) is 64.0 Å². The summed E-state index contributed by atoms with van der Waals surface area (Å²) in [4.78, 5) is 33.6. The lowest BCUT2D eigenvalue weighted by atomic mass is 9.68. The highest BCUT2D eigenvalue weighted by molar-refractivity contribution is 7.99. The van der Waals surface area contributed by atoms with E-state index < -0.39 is 0 Å². The Balaban J connectivity index is 1.29. The molecule has 4 aromatic carbocycles. The van der Waals surface area contributed by atoms with Crippen LogP contribution in [-0.4, -0.2) is 21.2 Å². The van der Waals surface area contributed by atoms with Gasteiger partial charge in [-0.25, -0.2) is 4.98 Å². The maximum Gasteiger partial charge on any atom is 0.263 e. The van der Waals surface area contributed by atoms with Crippen molar-refractivity contribution in [3.8, 4) is 16.9 Å². The van der Waals surface area contributed by atoms with Crippen LogP contribution >= 0.6 is 11.8 Å². The summed E-state index contributed by atoms with van der Waals surface area (Å²) in [6, 6.07) is 36.1. The SMILES string of the molecule is Cc1cccc(-n2c(SCC(=O)NC(c3ccccc3)c3ccccc3)nc3c(c2=O)C2(CCCC2)Cc2ccccc2-3)c1. The molecule has 44 heavy (non-hydrogen) atoms. The van der Waals surface area contributed by atoms with Gasteiger partial charge in [0.1, 0.15) is 0 Å². The molecule has 1 heterocycles. The van der Waals surface area contributed by atoms with Crippen LogP contribution in [0.15, 0.2) is 119 Å². The molecule has 0 unspecified atom stereocenters. The van der Waals surface area contributed by atoms with E-state index in [2.05, 4.69) is 23.5 Å². The lowest BCUT2D eigenvalue weighted by molar-refractivity contribution is -0.119. The van der Waals surface area contributed by atoms with Gasteiger partial charge in [-0.2, -0.15) is 0 Å². The Labute approximate surface area is 262 Å². The van der Waals surface area contributed by atoms with E-state index in [0.29, 0.717) is 5.16 Å². The van der Waals surface area contributed by atoms with Gasteiger partial charge in [-0.05, 0) is 60.6 Å². The van der Waals surface area contributed by atoms with E-state index >= 15 is 0 Å². The quantitative estimate of drug-likeness (QED) is 0.155. The molecule has 0 radical (unpaired) electrons. The van der Waals surface area contributed by atoms with E-state index in [1.54, 1.807) is 4.57 Å². The van der Waals surface area contributed by atoms with Crippen molar-refractivity contribution in [2.75, 3.05) is 5.75 Å². The Hall–Kier alpha value is -4.42. The van der Waals surface area contributed by atoms with Crippen molar-refractivity contribution in [2.24, 2.45) is 0 Å². The molecule has 1 spiro atoms. The predicted molar refractivity (Wildman–Crippen MR) is 177 cm³/mol. The van der Waals surface area contributed by atoms with Crippen LogP contribution in [0, 0.1) is 6.92 Å². The molecule has 5 nitrogen and oxygen atoms in total. The summed E-state index contributed by atoms with van der Waals surface area (Å²) in [6.07, 6.45) is 5.09. The van der Waals surface area contributed by atoms with Crippen molar-refractivity contribution in [2.45, 2.75) is 55.6 Å².